The lowest BCUT2D eigenvalue weighted by atomic mass is 9.80. The third-order valence-electron chi connectivity index (χ3n) is 6.11. The second-order valence-corrected chi connectivity index (χ2v) is 9.34. The van der Waals surface area contributed by atoms with Crippen LogP contribution in [-0.2, 0) is 9.53 Å². The van der Waals surface area contributed by atoms with Gasteiger partial charge in [-0.2, -0.15) is 0 Å². The molecule has 2 nitrogen and oxygen atoms in total. The van der Waals surface area contributed by atoms with Crippen molar-refractivity contribution < 1.29 is 9.53 Å². The highest BCUT2D eigenvalue weighted by Gasteiger charge is 2.39. The summed E-state index contributed by atoms with van der Waals surface area (Å²) in [6.45, 7) is 17.9. The summed E-state index contributed by atoms with van der Waals surface area (Å²) in [6, 6.07) is 0. The Morgan fingerprint density at radius 2 is 1.90 bits per heavy atom. The Labute approximate surface area is 188 Å². The molecular formula is C28H50O2. The van der Waals surface area contributed by atoms with Gasteiger partial charge in [0.15, 0.2) is 5.78 Å². The van der Waals surface area contributed by atoms with Gasteiger partial charge in [-0.05, 0) is 77.2 Å². The van der Waals surface area contributed by atoms with Gasteiger partial charge in [0.05, 0.1) is 0 Å². The first-order valence-electron chi connectivity index (χ1n) is 12.3. The molecule has 0 aliphatic heterocycles. The molecule has 3 atom stereocenters. The summed E-state index contributed by atoms with van der Waals surface area (Å²) in [7, 11) is 1.75. The number of allylic oxidation sites excluding steroid dienone is 6. The van der Waals surface area contributed by atoms with E-state index < -0.39 is 0 Å². The molecule has 0 saturated heterocycles. The molecule has 0 radical (unpaired) electrons. The van der Waals surface area contributed by atoms with Crippen LogP contribution in [0.15, 0.2) is 34.9 Å². The Morgan fingerprint density at radius 1 is 1.23 bits per heavy atom. The summed E-state index contributed by atoms with van der Waals surface area (Å²) in [4.78, 5) is 12.0. The summed E-state index contributed by atoms with van der Waals surface area (Å²) in [5.41, 5.74) is 3.98. The lowest BCUT2D eigenvalue weighted by Crippen LogP contribution is -2.13. The van der Waals surface area contributed by atoms with Crippen molar-refractivity contribution in [1.29, 1.82) is 0 Å². The van der Waals surface area contributed by atoms with Crippen LogP contribution in [0.2, 0.25) is 0 Å². The minimum absolute atomic E-state index is 0.152. The number of ketones is 1. The predicted octanol–water partition coefficient (Wildman–Crippen LogP) is 8.48. The van der Waals surface area contributed by atoms with Gasteiger partial charge in [-0.1, -0.05) is 69.9 Å². The Hall–Kier alpha value is -1.15. The maximum Gasteiger partial charge on any atom is 0.158 e. The molecule has 174 valence electrons. The Morgan fingerprint density at radius 3 is 2.47 bits per heavy atom. The van der Waals surface area contributed by atoms with Crippen LogP contribution in [-0.4, -0.2) is 19.5 Å². The van der Waals surface area contributed by atoms with Crippen molar-refractivity contribution in [1.82, 2.24) is 0 Å². The SMILES string of the molecule is CC.CCCC(C)CC=C(C)C.COCCCCC12C=C(C)C(=O)CC(C1)C(C)=C2. The Kier molecular flexibility index (Phi) is 15.0. The van der Waals surface area contributed by atoms with Gasteiger partial charge in [0.1, 0.15) is 0 Å². The molecule has 0 aromatic heterocycles. The fourth-order valence-corrected chi connectivity index (χ4v) is 4.47. The fourth-order valence-electron chi connectivity index (χ4n) is 4.47. The molecule has 30 heavy (non-hydrogen) atoms. The molecule has 2 bridgehead atoms. The average molecular weight is 419 g/mol. The average Bonchev–Trinajstić information content (AvgIpc) is 2.94. The molecule has 2 aliphatic rings. The molecule has 0 spiro atoms. The summed E-state index contributed by atoms with van der Waals surface area (Å²) >= 11 is 0. The molecule has 0 fully saturated rings. The third kappa shape index (κ3) is 10.8. The molecule has 0 N–H and O–H groups in total. The first-order valence-corrected chi connectivity index (χ1v) is 12.3. The topological polar surface area (TPSA) is 26.3 Å². The van der Waals surface area contributed by atoms with Gasteiger partial charge in [-0.3, -0.25) is 4.79 Å². The van der Waals surface area contributed by atoms with Gasteiger partial charge in [-0.15, -0.1) is 0 Å². The zero-order valence-electron chi connectivity index (χ0n) is 21.6. The van der Waals surface area contributed by atoms with Crippen molar-refractivity contribution in [2.75, 3.05) is 13.7 Å². The monoisotopic (exact) mass is 418 g/mol. The van der Waals surface area contributed by atoms with Crippen molar-refractivity contribution in [3.63, 3.8) is 0 Å². The van der Waals surface area contributed by atoms with E-state index in [4.69, 9.17) is 4.74 Å². The van der Waals surface area contributed by atoms with E-state index in [1.165, 1.54) is 36.8 Å². The van der Waals surface area contributed by atoms with E-state index in [0.29, 0.717) is 18.1 Å². The first kappa shape index (κ1) is 28.9. The standard InChI is InChI=1S/C16H24O2.C10H20.C2H6/c1-12-9-16(6-4-5-7-18-3)10-13(2)15(17)8-14(12)11-16;1-5-6-10(4)8-7-9(2)3;1-2/h9-10,14H,4-8,11H2,1-3H3;7,10H,5-6,8H2,1-4H3;1-2H3. The van der Waals surface area contributed by atoms with Crippen LogP contribution in [0.25, 0.3) is 0 Å². The van der Waals surface area contributed by atoms with Crippen LogP contribution in [0.1, 0.15) is 107 Å². The van der Waals surface area contributed by atoms with E-state index in [1.807, 2.05) is 20.8 Å². The number of ether oxygens (including phenoxy) is 1. The van der Waals surface area contributed by atoms with E-state index in [1.54, 1.807) is 7.11 Å². The van der Waals surface area contributed by atoms with Gasteiger partial charge in [0.2, 0.25) is 0 Å². The highest BCUT2D eigenvalue weighted by molar-refractivity contribution is 5.95. The highest BCUT2D eigenvalue weighted by atomic mass is 16.5. The van der Waals surface area contributed by atoms with Gasteiger partial charge >= 0.3 is 0 Å². The summed E-state index contributed by atoms with van der Waals surface area (Å²) in [6.07, 6.45) is 16.2. The number of methoxy groups -OCH3 is 1. The van der Waals surface area contributed by atoms with Crippen LogP contribution in [0.4, 0.5) is 0 Å². The van der Waals surface area contributed by atoms with Crippen LogP contribution < -0.4 is 0 Å². The minimum Gasteiger partial charge on any atom is -0.385 e. The maximum atomic E-state index is 12.0. The van der Waals surface area contributed by atoms with E-state index >= 15 is 0 Å². The zero-order valence-corrected chi connectivity index (χ0v) is 21.6. The molecule has 2 heteroatoms. The second kappa shape index (κ2) is 15.6. The predicted molar refractivity (Wildman–Crippen MR) is 133 cm³/mol. The molecule has 0 saturated carbocycles. The lowest BCUT2D eigenvalue weighted by Gasteiger charge is -2.24. The molecule has 0 aromatic rings. The number of hydrogen-bond donors (Lipinski definition) is 0. The Balaban J connectivity index is 0.000000600. The quantitative estimate of drug-likeness (QED) is 0.277. The van der Waals surface area contributed by atoms with E-state index in [-0.39, 0.29) is 5.41 Å². The highest BCUT2D eigenvalue weighted by Crippen LogP contribution is 2.48. The fraction of sp³-hybridized carbons (Fsp3) is 0.750. The number of unbranched alkanes of at least 4 members (excludes halogenated alkanes) is 1. The van der Waals surface area contributed by atoms with Crippen molar-refractivity contribution in [2.45, 2.75) is 107 Å². The third-order valence-corrected chi connectivity index (χ3v) is 6.11. The number of Topliss-reactive ketones (excluding diaryl/α,β-unsaturated/α-hetero) is 1. The second-order valence-electron chi connectivity index (χ2n) is 9.34. The van der Waals surface area contributed by atoms with Crippen molar-refractivity contribution >= 4 is 5.78 Å². The largest absolute Gasteiger partial charge is 0.385 e. The maximum absolute atomic E-state index is 12.0. The van der Waals surface area contributed by atoms with Crippen molar-refractivity contribution in [2.24, 2.45) is 17.3 Å². The van der Waals surface area contributed by atoms with Crippen LogP contribution in [0.3, 0.4) is 0 Å². The Bertz CT molecular complexity index is 577. The molecule has 0 amide bonds. The zero-order chi connectivity index (χ0) is 23.2. The van der Waals surface area contributed by atoms with Gasteiger partial charge in [0, 0.05) is 25.6 Å². The summed E-state index contributed by atoms with van der Waals surface area (Å²) < 4.78 is 5.11. The van der Waals surface area contributed by atoms with E-state index in [2.05, 4.69) is 52.8 Å². The van der Waals surface area contributed by atoms with Crippen molar-refractivity contribution in [3.05, 3.63) is 34.9 Å². The summed E-state index contributed by atoms with van der Waals surface area (Å²) in [5.74, 6) is 1.69. The van der Waals surface area contributed by atoms with E-state index in [0.717, 1.165) is 37.4 Å². The van der Waals surface area contributed by atoms with Gasteiger partial charge < -0.3 is 4.74 Å². The van der Waals surface area contributed by atoms with Crippen LogP contribution in [0.5, 0.6) is 0 Å². The smallest absolute Gasteiger partial charge is 0.158 e. The number of rotatable bonds is 9. The molecule has 2 rings (SSSR count). The van der Waals surface area contributed by atoms with Gasteiger partial charge in [0.25, 0.3) is 0 Å². The summed E-state index contributed by atoms with van der Waals surface area (Å²) in [5, 5.41) is 0. The molecule has 0 heterocycles. The minimum atomic E-state index is 0.152. The lowest BCUT2D eigenvalue weighted by molar-refractivity contribution is -0.116. The van der Waals surface area contributed by atoms with E-state index in [9.17, 15) is 4.79 Å². The molecule has 2 aliphatic carbocycles. The van der Waals surface area contributed by atoms with Gasteiger partial charge in [-0.25, -0.2) is 0 Å². The van der Waals surface area contributed by atoms with Crippen LogP contribution in [0, 0.1) is 17.3 Å². The molecular weight excluding hydrogens is 368 g/mol. The number of carbonyl (C=O) groups is 1. The molecule has 0 aromatic carbocycles. The van der Waals surface area contributed by atoms with Crippen LogP contribution >= 0.6 is 0 Å². The van der Waals surface area contributed by atoms with Crippen molar-refractivity contribution in [3.8, 4) is 0 Å². The number of fused-ring (bicyclic) bond motifs is 2. The number of carbonyl (C=O) groups excluding carboxylic acids is 1. The number of hydrogen-bond acceptors (Lipinski definition) is 2. The normalized spacial score (nSPS) is 23.1. The first-order chi connectivity index (χ1) is 14.2. The molecule has 3 unspecified atom stereocenters.